The summed E-state index contributed by atoms with van der Waals surface area (Å²) in [5.74, 6) is -0.339. The number of aryl methyl sites for hydroxylation is 1. The summed E-state index contributed by atoms with van der Waals surface area (Å²) >= 11 is 0. The Morgan fingerprint density at radius 3 is 2.71 bits per heavy atom. The number of para-hydroxylation sites is 1. The zero-order valence-electron chi connectivity index (χ0n) is 10.5. The molecule has 1 aromatic carbocycles. The van der Waals surface area contributed by atoms with E-state index in [1.54, 1.807) is 6.92 Å². The van der Waals surface area contributed by atoms with Crippen LogP contribution in [-0.4, -0.2) is 19.1 Å². The van der Waals surface area contributed by atoms with Crippen LogP contribution in [0.2, 0.25) is 0 Å². The molecule has 3 heteroatoms. The monoisotopic (exact) mass is 233 g/mol. The maximum Gasteiger partial charge on any atom is 0.335 e. The van der Waals surface area contributed by atoms with Gasteiger partial charge in [0.25, 0.3) is 0 Å². The van der Waals surface area contributed by atoms with Crippen LogP contribution < -0.4 is 5.32 Å². The van der Waals surface area contributed by atoms with Crippen molar-refractivity contribution in [2.75, 3.05) is 18.5 Å². The Labute approximate surface area is 102 Å². The van der Waals surface area contributed by atoms with Gasteiger partial charge < -0.3 is 10.1 Å². The lowest BCUT2D eigenvalue weighted by Crippen LogP contribution is -2.15. The number of nitrogens with one attached hydrogen (secondary N) is 1. The van der Waals surface area contributed by atoms with E-state index < -0.39 is 0 Å². The minimum Gasteiger partial charge on any atom is -0.463 e. The molecular formula is C14H19NO2. The Morgan fingerprint density at radius 1 is 1.35 bits per heavy atom. The quantitative estimate of drug-likeness (QED) is 0.606. The highest BCUT2D eigenvalue weighted by Gasteiger charge is 2.07. The summed E-state index contributed by atoms with van der Waals surface area (Å²) in [6.07, 6.45) is 0.953. The molecule has 0 fully saturated rings. The summed E-state index contributed by atoms with van der Waals surface area (Å²) < 4.78 is 4.87. The van der Waals surface area contributed by atoms with Gasteiger partial charge in [0.15, 0.2) is 0 Å². The average molecular weight is 233 g/mol. The number of hydrogen-bond acceptors (Lipinski definition) is 3. The van der Waals surface area contributed by atoms with E-state index in [2.05, 4.69) is 24.9 Å². The number of esters is 1. The van der Waals surface area contributed by atoms with Crippen molar-refractivity contribution >= 4 is 11.7 Å². The Balaban J connectivity index is 2.55. The van der Waals surface area contributed by atoms with E-state index >= 15 is 0 Å². The standard InChI is InChI=1S/C14H19NO2/c1-4-12-8-6-7-9-13(12)15-10-11(3)14(16)17-5-2/h6-9,15H,3-5,10H2,1-2H3. The molecule has 0 aliphatic heterocycles. The molecule has 0 radical (unpaired) electrons. The lowest BCUT2D eigenvalue weighted by molar-refractivity contribution is -0.138. The highest BCUT2D eigenvalue weighted by molar-refractivity contribution is 5.88. The van der Waals surface area contributed by atoms with Gasteiger partial charge >= 0.3 is 5.97 Å². The van der Waals surface area contributed by atoms with Crippen molar-refractivity contribution in [2.24, 2.45) is 0 Å². The predicted molar refractivity (Wildman–Crippen MR) is 70.1 cm³/mol. The van der Waals surface area contributed by atoms with E-state index in [1.165, 1.54) is 5.56 Å². The van der Waals surface area contributed by atoms with Crippen LogP contribution in [0.15, 0.2) is 36.4 Å². The predicted octanol–water partition coefficient (Wildman–Crippen LogP) is 2.78. The molecule has 92 valence electrons. The second kappa shape index (κ2) is 6.74. The molecule has 0 spiro atoms. The van der Waals surface area contributed by atoms with Crippen molar-refractivity contribution < 1.29 is 9.53 Å². The first-order valence-electron chi connectivity index (χ1n) is 5.85. The summed E-state index contributed by atoms with van der Waals surface area (Å²) in [7, 11) is 0. The van der Waals surface area contributed by atoms with Crippen LogP contribution in [0.4, 0.5) is 5.69 Å². The van der Waals surface area contributed by atoms with Crippen LogP contribution in [0.1, 0.15) is 19.4 Å². The third-order valence-corrected chi connectivity index (χ3v) is 2.45. The molecular weight excluding hydrogens is 214 g/mol. The van der Waals surface area contributed by atoms with Crippen molar-refractivity contribution in [3.63, 3.8) is 0 Å². The highest BCUT2D eigenvalue weighted by Crippen LogP contribution is 2.15. The Hall–Kier alpha value is -1.77. The Morgan fingerprint density at radius 2 is 2.06 bits per heavy atom. The fourth-order valence-electron chi connectivity index (χ4n) is 1.51. The number of hydrogen-bond donors (Lipinski definition) is 1. The Bertz CT molecular complexity index is 399. The molecule has 1 rings (SSSR count). The van der Waals surface area contributed by atoms with Crippen molar-refractivity contribution in [3.05, 3.63) is 42.0 Å². The summed E-state index contributed by atoms with van der Waals surface area (Å²) in [5, 5.41) is 3.20. The van der Waals surface area contributed by atoms with E-state index in [1.807, 2.05) is 18.2 Å². The van der Waals surface area contributed by atoms with Gasteiger partial charge in [-0.2, -0.15) is 0 Å². The summed E-state index contributed by atoms with van der Waals surface area (Å²) in [6, 6.07) is 8.03. The van der Waals surface area contributed by atoms with Gasteiger partial charge in [-0.05, 0) is 25.0 Å². The molecule has 0 aromatic heterocycles. The molecule has 0 heterocycles. The Kier molecular flexibility index (Phi) is 5.27. The molecule has 0 saturated heterocycles. The molecule has 0 saturated carbocycles. The first kappa shape index (κ1) is 13.3. The normalized spacial score (nSPS) is 9.76. The van der Waals surface area contributed by atoms with Gasteiger partial charge in [0, 0.05) is 17.8 Å². The second-order valence-corrected chi connectivity index (χ2v) is 3.69. The van der Waals surface area contributed by atoms with E-state index in [9.17, 15) is 4.79 Å². The molecule has 3 nitrogen and oxygen atoms in total. The van der Waals surface area contributed by atoms with Gasteiger partial charge in [-0.25, -0.2) is 4.79 Å². The van der Waals surface area contributed by atoms with Gasteiger partial charge in [0.05, 0.1) is 6.61 Å². The minimum absolute atomic E-state index is 0.339. The average Bonchev–Trinajstić information content (AvgIpc) is 2.36. The second-order valence-electron chi connectivity index (χ2n) is 3.69. The first-order chi connectivity index (χ1) is 8.19. The fourth-order valence-corrected chi connectivity index (χ4v) is 1.51. The van der Waals surface area contributed by atoms with Crippen molar-refractivity contribution in [1.82, 2.24) is 0 Å². The van der Waals surface area contributed by atoms with Gasteiger partial charge in [0.1, 0.15) is 0 Å². The van der Waals surface area contributed by atoms with Crippen LogP contribution in [0.3, 0.4) is 0 Å². The number of ether oxygens (including phenoxy) is 1. The molecule has 0 unspecified atom stereocenters. The zero-order chi connectivity index (χ0) is 12.7. The molecule has 1 N–H and O–H groups in total. The van der Waals surface area contributed by atoms with Crippen LogP contribution in [0, 0.1) is 0 Å². The van der Waals surface area contributed by atoms with Crippen molar-refractivity contribution in [3.8, 4) is 0 Å². The largest absolute Gasteiger partial charge is 0.463 e. The maximum absolute atomic E-state index is 11.4. The van der Waals surface area contributed by atoms with E-state index in [0.717, 1.165) is 12.1 Å². The van der Waals surface area contributed by atoms with Crippen LogP contribution in [-0.2, 0) is 16.0 Å². The maximum atomic E-state index is 11.4. The van der Waals surface area contributed by atoms with Gasteiger partial charge in [0.2, 0.25) is 0 Å². The molecule has 0 aliphatic carbocycles. The smallest absolute Gasteiger partial charge is 0.335 e. The lowest BCUT2D eigenvalue weighted by atomic mass is 10.1. The van der Waals surface area contributed by atoms with E-state index in [0.29, 0.717) is 18.7 Å². The van der Waals surface area contributed by atoms with E-state index in [-0.39, 0.29) is 5.97 Å². The van der Waals surface area contributed by atoms with Crippen molar-refractivity contribution in [2.45, 2.75) is 20.3 Å². The molecule has 0 amide bonds. The summed E-state index contributed by atoms with van der Waals surface area (Å²) in [6.45, 7) is 8.38. The molecule has 0 bridgehead atoms. The minimum atomic E-state index is -0.339. The van der Waals surface area contributed by atoms with Crippen molar-refractivity contribution in [1.29, 1.82) is 0 Å². The third kappa shape index (κ3) is 3.94. The lowest BCUT2D eigenvalue weighted by Gasteiger charge is -2.11. The summed E-state index contributed by atoms with van der Waals surface area (Å²) in [5.41, 5.74) is 2.71. The van der Waals surface area contributed by atoms with E-state index in [4.69, 9.17) is 4.74 Å². The van der Waals surface area contributed by atoms with Gasteiger partial charge in [-0.1, -0.05) is 31.7 Å². The number of anilines is 1. The topological polar surface area (TPSA) is 38.3 Å². The zero-order valence-corrected chi connectivity index (χ0v) is 10.5. The van der Waals surface area contributed by atoms with Crippen LogP contribution in [0.5, 0.6) is 0 Å². The first-order valence-corrected chi connectivity index (χ1v) is 5.85. The molecule has 17 heavy (non-hydrogen) atoms. The van der Waals surface area contributed by atoms with Crippen LogP contribution in [0.25, 0.3) is 0 Å². The molecule has 0 atom stereocenters. The van der Waals surface area contributed by atoms with Crippen LogP contribution >= 0.6 is 0 Å². The summed E-state index contributed by atoms with van der Waals surface area (Å²) in [4.78, 5) is 11.4. The highest BCUT2D eigenvalue weighted by atomic mass is 16.5. The number of rotatable bonds is 6. The third-order valence-electron chi connectivity index (χ3n) is 2.45. The SMILES string of the molecule is C=C(CNc1ccccc1CC)C(=O)OCC. The molecule has 1 aromatic rings. The number of carbonyl (C=O) groups is 1. The number of benzene rings is 1. The van der Waals surface area contributed by atoms with Gasteiger partial charge in [-0.3, -0.25) is 0 Å². The fraction of sp³-hybridized carbons (Fsp3) is 0.357. The number of carbonyl (C=O) groups excluding carboxylic acids is 1. The van der Waals surface area contributed by atoms with Gasteiger partial charge in [-0.15, -0.1) is 0 Å². The molecule has 0 aliphatic rings.